The topological polar surface area (TPSA) is 9.23 Å². The average Bonchev–Trinajstić information content (AvgIpc) is 3.27. The first-order valence-electron chi connectivity index (χ1n) is 11.6. The van der Waals surface area contributed by atoms with Crippen LogP contribution in [0.4, 0.5) is 0 Å². The Morgan fingerprint density at radius 2 is 1.41 bits per heavy atom. The van der Waals surface area contributed by atoms with Crippen molar-refractivity contribution >= 4 is 22.7 Å². The zero-order valence-electron chi connectivity index (χ0n) is 18.8. The molecular weight excluding hydrogens is 392 g/mol. The van der Waals surface area contributed by atoms with Crippen LogP contribution in [-0.4, -0.2) is 6.61 Å². The van der Waals surface area contributed by atoms with Crippen molar-refractivity contribution in [1.82, 2.24) is 0 Å². The fourth-order valence-electron chi connectivity index (χ4n) is 5.47. The first-order chi connectivity index (χ1) is 13.9. The molecule has 160 valence electrons. The van der Waals surface area contributed by atoms with Gasteiger partial charge in [0.05, 0.1) is 12.7 Å². The summed E-state index contributed by atoms with van der Waals surface area (Å²) in [5.74, 6) is 0.831. The molecule has 2 aromatic heterocycles. The fraction of sp³-hybridized carbons (Fsp3) is 0.692. The van der Waals surface area contributed by atoms with Crippen LogP contribution >= 0.6 is 22.7 Å². The summed E-state index contributed by atoms with van der Waals surface area (Å²) >= 11 is 3.93. The highest BCUT2D eigenvalue weighted by Crippen LogP contribution is 2.57. The van der Waals surface area contributed by atoms with Crippen molar-refractivity contribution in [2.45, 2.75) is 97.5 Å². The Morgan fingerprint density at radius 3 is 1.90 bits per heavy atom. The lowest BCUT2D eigenvalue weighted by Gasteiger charge is -2.47. The third-order valence-corrected chi connectivity index (χ3v) is 9.84. The number of hydrogen-bond acceptors (Lipinski definition) is 3. The molecule has 0 radical (unpaired) electrons. The molecule has 3 heteroatoms. The van der Waals surface area contributed by atoms with Crippen LogP contribution in [0.1, 0.15) is 103 Å². The third-order valence-electron chi connectivity index (χ3n) is 7.68. The molecule has 0 amide bonds. The van der Waals surface area contributed by atoms with Crippen LogP contribution in [0.2, 0.25) is 0 Å². The first kappa shape index (κ1) is 21.6. The van der Waals surface area contributed by atoms with Crippen molar-refractivity contribution in [3.8, 4) is 0 Å². The molecule has 1 nitrogen and oxygen atoms in total. The molecular formula is C26H38OS2. The molecule has 2 aromatic rings. The molecule has 0 N–H and O–H groups in total. The van der Waals surface area contributed by atoms with Gasteiger partial charge in [0, 0.05) is 24.9 Å². The van der Waals surface area contributed by atoms with E-state index in [1.165, 1.54) is 72.4 Å². The lowest BCUT2D eigenvalue weighted by atomic mass is 9.58. The standard InChI is InChI=1S/C26H38OS2/c1-19-10-12-22(28-19)21-14-17-25(21,3)15-8-6-5-7-9-16-26(4)18-27-24(26)23-13-11-20(2)29-23/h10-13,21,24H,5-9,14-18H2,1-4H3. The minimum atomic E-state index is 0.345. The normalized spacial score (nSPS) is 31.4. The highest BCUT2D eigenvalue weighted by molar-refractivity contribution is 7.12. The number of unbranched alkanes of at least 4 members (excludes halogenated alkanes) is 4. The van der Waals surface area contributed by atoms with Gasteiger partial charge in [0.2, 0.25) is 0 Å². The highest BCUT2D eigenvalue weighted by Gasteiger charge is 2.45. The van der Waals surface area contributed by atoms with Crippen LogP contribution in [0.15, 0.2) is 24.3 Å². The summed E-state index contributed by atoms with van der Waals surface area (Å²) in [6.07, 6.45) is 12.9. The number of aryl methyl sites for hydroxylation is 2. The second kappa shape index (κ2) is 8.85. The van der Waals surface area contributed by atoms with E-state index in [-0.39, 0.29) is 0 Å². The van der Waals surface area contributed by atoms with Gasteiger partial charge < -0.3 is 4.74 Å². The van der Waals surface area contributed by atoms with Crippen molar-refractivity contribution in [3.63, 3.8) is 0 Å². The van der Waals surface area contributed by atoms with Gasteiger partial charge in [-0.25, -0.2) is 0 Å². The Kier molecular flexibility index (Phi) is 6.58. The van der Waals surface area contributed by atoms with E-state index >= 15 is 0 Å². The van der Waals surface area contributed by atoms with Gasteiger partial charge in [0.1, 0.15) is 0 Å². The van der Waals surface area contributed by atoms with Gasteiger partial charge >= 0.3 is 0 Å². The van der Waals surface area contributed by atoms with Crippen molar-refractivity contribution in [3.05, 3.63) is 43.8 Å². The summed E-state index contributed by atoms with van der Waals surface area (Å²) in [6, 6.07) is 9.19. The van der Waals surface area contributed by atoms with E-state index in [4.69, 9.17) is 4.74 Å². The van der Waals surface area contributed by atoms with E-state index in [0.29, 0.717) is 16.9 Å². The molecule has 2 aliphatic rings. The molecule has 1 saturated carbocycles. The van der Waals surface area contributed by atoms with Crippen LogP contribution in [0.25, 0.3) is 0 Å². The minimum absolute atomic E-state index is 0.345. The van der Waals surface area contributed by atoms with E-state index < -0.39 is 0 Å². The molecule has 4 rings (SSSR count). The molecule has 29 heavy (non-hydrogen) atoms. The maximum absolute atomic E-state index is 5.96. The van der Waals surface area contributed by atoms with E-state index in [1.54, 1.807) is 4.88 Å². The largest absolute Gasteiger partial charge is 0.371 e. The predicted molar refractivity (Wildman–Crippen MR) is 127 cm³/mol. The van der Waals surface area contributed by atoms with Gasteiger partial charge in [-0.2, -0.15) is 0 Å². The van der Waals surface area contributed by atoms with E-state index in [0.717, 1.165) is 12.5 Å². The van der Waals surface area contributed by atoms with Gasteiger partial charge in [-0.3, -0.25) is 0 Å². The quantitative estimate of drug-likeness (QED) is 0.342. The van der Waals surface area contributed by atoms with Crippen molar-refractivity contribution in [2.24, 2.45) is 10.8 Å². The maximum atomic E-state index is 5.96. The van der Waals surface area contributed by atoms with Crippen LogP contribution in [-0.2, 0) is 4.74 Å². The van der Waals surface area contributed by atoms with Crippen molar-refractivity contribution in [1.29, 1.82) is 0 Å². The van der Waals surface area contributed by atoms with Crippen LogP contribution in [0, 0.1) is 24.7 Å². The summed E-state index contributed by atoms with van der Waals surface area (Å²) in [5.41, 5.74) is 0.933. The fourth-order valence-corrected chi connectivity index (χ4v) is 7.76. The molecule has 0 spiro atoms. The van der Waals surface area contributed by atoms with Gasteiger partial charge in [-0.05, 0) is 75.1 Å². The molecule has 1 saturated heterocycles. The van der Waals surface area contributed by atoms with Crippen LogP contribution in [0.5, 0.6) is 0 Å². The summed E-state index contributed by atoms with van der Waals surface area (Å²) in [7, 11) is 0. The highest BCUT2D eigenvalue weighted by atomic mass is 32.1. The molecule has 3 heterocycles. The molecule has 1 aliphatic carbocycles. The van der Waals surface area contributed by atoms with Crippen molar-refractivity contribution in [2.75, 3.05) is 6.61 Å². The van der Waals surface area contributed by atoms with E-state index in [9.17, 15) is 0 Å². The molecule has 4 unspecified atom stereocenters. The van der Waals surface area contributed by atoms with Gasteiger partial charge in [-0.15, -0.1) is 22.7 Å². The SMILES string of the molecule is Cc1ccc(C2CCC2(C)CCCCCCCC2(C)COC2c2ccc(C)s2)s1. The summed E-state index contributed by atoms with van der Waals surface area (Å²) in [4.78, 5) is 5.94. The number of thiophene rings is 2. The lowest BCUT2D eigenvalue weighted by Crippen LogP contribution is -2.42. The number of rotatable bonds is 10. The zero-order valence-corrected chi connectivity index (χ0v) is 20.4. The Labute approximate surface area is 185 Å². The first-order valence-corrected chi connectivity index (χ1v) is 13.3. The van der Waals surface area contributed by atoms with E-state index in [2.05, 4.69) is 52.0 Å². The molecule has 0 bridgehead atoms. The Hall–Kier alpha value is -0.640. The monoisotopic (exact) mass is 430 g/mol. The second-order valence-electron chi connectivity index (χ2n) is 10.3. The van der Waals surface area contributed by atoms with Crippen LogP contribution < -0.4 is 0 Å². The predicted octanol–water partition coefficient (Wildman–Crippen LogP) is 8.82. The molecule has 4 atom stereocenters. The van der Waals surface area contributed by atoms with Crippen molar-refractivity contribution < 1.29 is 4.74 Å². The van der Waals surface area contributed by atoms with Gasteiger partial charge in [-0.1, -0.05) is 46.0 Å². The Bertz CT molecular complexity index is 739. The molecule has 0 aromatic carbocycles. The smallest absolute Gasteiger partial charge is 0.0992 e. The summed E-state index contributed by atoms with van der Waals surface area (Å²) in [6.45, 7) is 10.3. The van der Waals surface area contributed by atoms with Gasteiger partial charge in [0.15, 0.2) is 0 Å². The number of ether oxygens (including phenoxy) is 1. The lowest BCUT2D eigenvalue weighted by molar-refractivity contribution is -0.184. The maximum Gasteiger partial charge on any atom is 0.0992 e. The van der Waals surface area contributed by atoms with E-state index in [1.807, 2.05) is 22.7 Å². The molecule has 1 aliphatic heterocycles. The number of hydrogen-bond donors (Lipinski definition) is 0. The second-order valence-corrected chi connectivity index (χ2v) is 12.9. The van der Waals surface area contributed by atoms with Gasteiger partial charge in [0.25, 0.3) is 0 Å². The average molecular weight is 431 g/mol. The minimum Gasteiger partial charge on any atom is -0.371 e. The Balaban J connectivity index is 1.12. The zero-order chi connectivity index (χ0) is 20.5. The Morgan fingerprint density at radius 1 is 0.828 bits per heavy atom. The third kappa shape index (κ3) is 4.67. The summed E-state index contributed by atoms with van der Waals surface area (Å²) in [5, 5.41) is 0. The molecule has 2 fully saturated rings. The van der Waals surface area contributed by atoms with Crippen LogP contribution in [0.3, 0.4) is 0 Å². The summed E-state index contributed by atoms with van der Waals surface area (Å²) < 4.78 is 5.96.